The van der Waals surface area contributed by atoms with E-state index >= 15 is 0 Å². The molecular weight excluding hydrogens is 388 g/mol. The SMILES string of the molecule is CCCC(Oc1c(C(=O)Nc2c(F)cccc2F)sc2ccccc12)C(=O)O. The van der Waals surface area contributed by atoms with Crippen LogP contribution < -0.4 is 10.1 Å². The molecule has 146 valence electrons. The fourth-order valence-electron chi connectivity index (χ4n) is 2.71. The minimum absolute atomic E-state index is 0.0474. The van der Waals surface area contributed by atoms with E-state index in [0.717, 1.165) is 23.5 Å². The molecule has 0 bridgehead atoms. The lowest BCUT2D eigenvalue weighted by atomic mass is 10.2. The fraction of sp³-hybridized carbons (Fsp3) is 0.200. The number of amides is 1. The van der Waals surface area contributed by atoms with Crippen molar-refractivity contribution in [3.8, 4) is 5.75 Å². The van der Waals surface area contributed by atoms with E-state index in [1.165, 1.54) is 6.07 Å². The number of benzene rings is 2. The van der Waals surface area contributed by atoms with Crippen LogP contribution in [0.5, 0.6) is 5.75 Å². The number of fused-ring (bicyclic) bond motifs is 1. The molecule has 0 radical (unpaired) electrons. The molecular formula is C20H17F2NO4S. The maximum Gasteiger partial charge on any atom is 0.344 e. The molecule has 1 heterocycles. The van der Waals surface area contributed by atoms with Crippen LogP contribution in [0.15, 0.2) is 42.5 Å². The second-order valence-corrected chi connectivity index (χ2v) is 7.09. The van der Waals surface area contributed by atoms with Gasteiger partial charge in [0.15, 0.2) is 11.9 Å². The number of rotatable bonds is 7. The molecule has 1 unspecified atom stereocenters. The number of carboxylic acids is 1. The summed E-state index contributed by atoms with van der Waals surface area (Å²) in [4.78, 5) is 24.3. The molecule has 0 aliphatic carbocycles. The summed E-state index contributed by atoms with van der Waals surface area (Å²) in [5.41, 5.74) is -0.570. The molecule has 1 atom stereocenters. The molecule has 2 N–H and O–H groups in total. The molecule has 2 aromatic carbocycles. The first-order chi connectivity index (χ1) is 13.4. The van der Waals surface area contributed by atoms with Crippen molar-refractivity contribution in [3.63, 3.8) is 0 Å². The highest BCUT2D eigenvalue weighted by Gasteiger charge is 2.26. The molecule has 0 spiro atoms. The molecule has 0 saturated carbocycles. The number of carbonyl (C=O) groups excluding carboxylic acids is 1. The molecule has 0 fully saturated rings. The van der Waals surface area contributed by atoms with Gasteiger partial charge in [0.2, 0.25) is 0 Å². The Morgan fingerprint density at radius 3 is 2.46 bits per heavy atom. The minimum Gasteiger partial charge on any atom is -0.479 e. The lowest BCUT2D eigenvalue weighted by Crippen LogP contribution is -2.27. The maximum atomic E-state index is 13.9. The maximum absolute atomic E-state index is 13.9. The second-order valence-electron chi connectivity index (χ2n) is 6.04. The Bertz CT molecular complexity index is 1010. The van der Waals surface area contributed by atoms with Crippen LogP contribution in [0.25, 0.3) is 10.1 Å². The number of carbonyl (C=O) groups is 2. The average Bonchev–Trinajstić information content (AvgIpc) is 3.03. The van der Waals surface area contributed by atoms with Crippen LogP contribution >= 0.6 is 11.3 Å². The van der Waals surface area contributed by atoms with Crippen LogP contribution in [-0.2, 0) is 4.79 Å². The summed E-state index contributed by atoms with van der Waals surface area (Å²) in [6.45, 7) is 1.82. The van der Waals surface area contributed by atoms with Gasteiger partial charge in [0.1, 0.15) is 22.2 Å². The van der Waals surface area contributed by atoms with E-state index in [1.54, 1.807) is 24.3 Å². The van der Waals surface area contributed by atoms with Gasteiger partial charge in [-0.05, 0) is 30.7 Å². The molecule has 28 heavy (non-hydrogen) atoms. The molecule has 1 aromatic heterocycles. The number of carboxylic acid groups (broad SMARTS) is 1. The van der Waals surface area contributed by atoms with Gasteiger partial charge < -0.3 is 15.2 Å². The van der Waals surface area contributed by atoms with Crippen LogP contribution in [0.4, 0.5) is 14.5 Å². The number of aliphatic carboxylic acids is 1. The molecule has 3 aromatic rings. The summed E-state index contributed by atoms with van der Waals surface area (Å²) in [7, 11) is 0. The van der Waals surface area contributed by atoms with Crippen molar-refractivity contribution in [1.29, 1.82) is 0 Å². The van der Waals surface area contributed by atoms with Gasteiger partial charge in [-0.3, -0.25) is 4.79 Å². The first-order valence-electron chi connectivity index (χ1n) is 8.58. The van der Waals surface area contributed by atoms with Gasteiger partial charge in [0.25, 0.3) is 5.91 Å². The van der Waals surface area contributed by atoms with Gasteiger partial charge >= 0.3 is 5.97 Å². The predicted molar refractivity (Wildman–Crippen MR) is 103 cm³/mol. The summed E-state index contributed by atoms with van der Waals surface area (Å²) in [6, 6.07) is 10.2. The lowest BCUT2D eigenvalue weighted by Gasteiger charge is -2.15. The summed E-state index contributed by atoms with van der Waals surface area (Å²) in [5.74, 6) is -3.65. The lowest BCUT2D eigenvalue weighted by molar-refractivity contribution is -0.145. The standard InChI is InChI=1S/C20H17F2NO4S/c1-2-6-14(20(25)26)27-17-11-7-3-4-10-15(11)28-18(17)19(24)23-16-12(21)8-5-9-13(16)22/h3-5,7-10,14H,2,6H2,1H3,(H,23,24)(H,25,26). The van der Waals surface area contributed by atoms with Gasteiger partial charge in [-0.2, -0.15) is 0 Å². The molecule has 0 aliphatic heterocycles. The van der Waals surface area contributed by atoms with Crippen LogP contribution in [0.1, 0.15) is 29.4 Å². The second kappa shape index (κ2) is 8.35. The van der Waals surface area contributed by atoms with Crippen molar-refractivity contribution < 1.29 is 28.2 Å². The number of thiophene rings is 1. The third-order valence-corrected chi connectivity index (χ3v) is 5.19. The van der Waals surface area contributed by atoms with E-state index in [1.807, 2.05) is 6.92 Å². The summed E-state index contributed by atoms with van der Waals surface area (Å²) in [6.07, 6.45) is -0.316. The first-order valence-corrected chi connectivity index (χ1v) is 9.40. The third kappa shape index (κ3) is 3.96. The molecule has 1 amide bonds. The van der Waals surface area contributed by atoms with E-state index in [-0.39, 0.29) is 17.0 Å². The van der Waals surface area contributed by atoms with E-state index < -0.39 is 35.3 Å². The van der Waals surface area contributed by atoms with Gasteiger partial charge in [-0.25, -0.2) is 13.6 Å². The quantitative estimate of drug-likeness (QED) is 0.576. The third-order valence-electron chi connectivity index (χ3n) is 4.04. The smallest absolute Gasteiger partial charge is 0.344 e. The largest absolute Gasteiger partial charge is 0.479 e. The Balaban J connectivity index is 2.02. The van der Waals surface area contributed by atoms with Crippen LogP contribution in [0, 0.1) is 11.6 Å². The Kier molecular flexibility index (Phi) is 5.89. The van der Waals surface area contributed by atoms with Crippen molar-refractivity contribution in [1.82, 2.24) is 0 Å². The number of ether oxygens (including phenoxy) is 1. The topological polar surface area (TPSA) is 75.6 Å². The van der Waals surface area contributed by atoms with E-state index in [0.29, 0.717) is 16.5 Å². The van der Waals surface area contributed by atoms with Crippen molar-refractivity contribution in [2.75, 3.05) is 5.32 Å². The van der Waals surface area contributed by atoms with E-state index in [9.17, 15) is 23.5 Å². The van der Waals surface area contributed by atoms with E-state index in [2.05, 4.69) is 5.32 Å². The number of para-hydroxylation sites is 1. The fourth-order valence-corrected chi connectivity index (χ4v) is 3.74. The predicted octanol–water partition coefficient (Wildman–Crippen LogP) is 5.06. The molecule has 0 aliphatic rings. The number of hydrogen-bond donors (Lipinski definition) is 2. The Hall–Kier alpha value is -3.00. The molecule has 5 nitrogen and oxygen atoms in total. The molecule has 8 heteroatoms. The summed E-state index contributed by atoms with van der Waals surface area (Å²) >= 11 is 1.06. The van der Waals surface area contributed by atoms with Crippen molar-refractivity contribution in [2.45, 2.75) is 25.9 Å². The van der Waals surface area contributed by atoms with Crippen molar-refractivity contribution in [3.05, 3.63) is 59.0 Å². The number of anilines is 1. The van der Waals surface area contributed by atoms with Gasteiger partial charge in [0, 0.05) is 10.1 Å². The Morgan fingerprint density at radius 1 is 1.14 bits per heavy atom. The first kappa shape index (κ1) is 19.8. The minimum atomic E-state index is -1.15. The van der Waals surface area contributed by atoms with Crippen LogP contribution in [0.2, 0.25) is 0 Å². The summed E-state index contributed by atoms with van der Waals surface area (Å²) in [5, 5.41) is 12.2. The zero-order valence-electron chi connectivity index (χ0n) is 14.9. The number of nitrogens with one attached hydrogen (secondary N) is 1. The number of hydrogen-bond acceptors (Lipinski definition) is 4. The molecule has 0 saturated heterocycles. The van der Waals surface area contributed by atoms with Crippen LogP contribution in [-0.4, -0.2) is 23.1 Å². The number of halogens is 2. The highest BCUT2D eigenvalue weighted by atomic mass is 32.1. The Morgan fingerprint density at radius 2 is 1.82 bits per heavy atom. The normalized spacial score (nSPS) is 12.0. The molecule has 3 rings (SSSR count). The zero-order valence-corrected chi connectivity index (χ0v) is 15.7. The Labute approximate surface area is 163 Å². The zero-order chi connectivity index (χ0) is 20.3. The van der Waals surface area contributed by atoms with Gasteiger partial charge in [-0.15, -0.1) is 11.3 Å². The van der Waals surface area contributed by atoms with E-state index in [4.69, 9.17) is 4.74 Å². The van der Waals surface area contributed by atoms with Crippen LogP contribution in [0.3, 0.4) is 0 Å². The van der Waals surface area contributed by atoms with Gasteiger partial charge in [-0.1, -0.05) is 31.5 Å². The highest BCUT2D eigenvalue weighted by Crippen LogP contribution is 2.39. The van der Waals surface area contributed by atoms with Crippen molar-refractivity contribution >= 4 is 39.0 Å². The average molecular weight is 405 g/mol. The van der Waals surface area contributed by atoms with Crippen molar-refractivity contribution in [2.24, 2.45) is 0 Å². The summed E-state index contributed by atoms with van der Waals surface area (Å²) < 4.78 is 34.1. The highest BCUT2D eigenvalue weighted by molar-refractivity contribution is 7.21. The van der Waals surface area contributed by atoms with Gasteiger partial charge in [0.05, 0.1) is 0 Å². The monoisotopic (exact) mass is 405 g/mol.